The highest BCUT2D eigenvalue weighted by Crippen LogP contribution is 2.24. The van der Waals surface area contributed by atoms with Crippen molar-refractivity contribution in [2.75, 3.05) is 13.7 Å². The first-order valence-corrected chi connectivity index (χ1v) is 8.11. The molecule has 0 bridgehead atoms. The summed E-state index contributed by atoms with van der Waals surface area (Å²) in [5.41, 5.74) is 0.426. The molecule has 0 heterocycles. The summed E-state index contributed by atoms with van der Waals surface area (Å²) in [6, 6.07) is 9.98. The number of ether oxygens (including phenoxy) is 2. The number of carbonyl (C=O) groups is 2. The van der Waals surface area contributed by atoms with Crippen LogP contribution in [0.2, 0.25) is 0 Å². The topological polar surface area (TPSA) is 84.9 Å². The Morgan fingerprint density at radius 3 is 2.41 bits per heavy atom. The number of methoxy groups -OCH3 is 1. The molecule has 1 amide bonds. The third kappa shape index (κ3) is 5.75. The second-order valence-corrected chi connectivity index (χ2v) is 5.67. The largest absolute Gasteiger partial charge is 0.480 e. The smallest absolute Gasteiger partial charge is 0.326 e. The number of hydrogen-bond acceptors (Lipinski definition) is 4. The van der Waals surface area contributed by atoms with E-state index in [1.54, 1.807) is 30.3 Å². The molecule has 0 aromatic heterocycles. The summed E-state index contributed by atoms with van der Waals surface area (Å²) in [5.74, 6) is -4.19. The number of nitrogens with one attached hydrogen (secondary N) is 1. The molecule has 27 heavy (non-hydrogen) atoms. The van der Waals surface area contributed by atoms with Gasteiger partial charge in [-0.3, -0.25) is 4.79 Å². The van der Waals surface area contributed by atoms with Crippen LogP contribution in [0.3, 0.4) is 0 Å². The second-order valence-electron chi connectivity index (χ2n) is 5.67. The lowest BCUT2D eigenvalue weighted by molar-refractivity contribution is -0.143. The highest BCUT2D eigenvalue weighted by molar-refractivity contribution is 5.87. The van der Waals surface area contributed by atoms with Crippen LogP contribution in [0, 0.1) is 11.6 Å². The van der Waals surface area contributed by atoms with E-state index in [9.17, 15) is 23.5 Å². The zero-order chi connectivity index (χ0) is 19.8. The molecule has 2 aromatic rings. The minimum Gasteiger partial charge on any atom is -0.480 e. The summed E-state index contributed by atoms with van der Waals surface area (Å²) in [6.07, 6.45) is -1.19. The molecule has 2 N–H and O–H groups in total. The van der Waals surface area contributed by atoms with Gasteiger partial charge in [-0.2, -0.15) is 0 Å². The standard InChI is InChI=1S/C19H19F2NO5/c1-26-10-9-16(19(24)25)22-18(23)17(12-5-3-2-4-6-12)27-13-7-8-14(20)15(21)11-13/h2-8,11,16-17H,9-10H2,1H3,(H,22,23)(H,24,25). The molecular weight excluding hydrogens is 360 g/mol. The van der Waals surface area contributed by atoms with Crippen molar-refractivity contribution in [2.45, 2.75) is 18.6 Å². The van der Waals surface area contributed by atoms with Crippen LogP contribution in [0.15, 0.2) is 48.5 Å². The second kappa shape index (κ2) is 9.63. The van der Waals surface area contributed by atoms with Gasteiger partial charge in [0.25, 0.3) is 5.91 Å². The van der Waals surface area contributed by atoms with Gasteiger partial charge in [0, 0.05) is 31.8 Å². The van der Waals surface area contributed by atoms with E-state index in [0.717, 1.165) is 12.1 Å². The van der Waals surface area contributed by atoms with Gasteiger partial charge in [0.15, 0.2) is 11.6 Å². The Morgan fingerprint density at radius 1 is 1.11 bits per heavy atom. The number of carbonyl (C=O) groups excluding carboxylic acids is 1. The summed E-state index contributed by atoms with van der Waals surface area (Å²) in [4.78, 5) is 24.0. The summed E-state index contributed by atoms with van der Waals surface area (Å²) < 4.78 is 36.9. The number of hydrogen-bond donors (Lipinski definition) is 2. The van der Waals surface area contributed by atoms with Crippen molar-refractivity contribution in [1.82, 2.24) is 5.32 Å². The lowest BCUT2D eigenvalue weighted by Gasteiger charge is -2.22. The fourth-order valence-corrected chi connectivity index (χ4v) is 2.33. The fraction of sp³-hybridized carbons (Fsp3) is 0.263. The van der Waals surface area contributed by atoms with Gasteiger partial charge >= 0.3 is 5.97 Å². The number of carboxylic acid groups (broad SMARTS) is 1. The first kappa shape index (κ1) is 20.3. The Bertz CT molecular complexity index is 785. The maximum atomic E-state index is 13.4. The predicted molar refractivity (Wildman–Crippen MR) is 92.2 cm³/mol. The Labute approximate surface area is 154 Å². The quantitative estimate of drug-likeness (QED) is 0.700. The first-order chi connectivity index (χ1) is 12.9. The normalized spacial score (nSPS) is 12.9. The van der Waals surface area contributed by atoms with Crippen molar-refractivity contribution in [3.63, 3.8) is 0 Å². The molecule has 0 aliphatic heterocycles. The van der Waals surface area contributed by atoms with Crippen LogP contribution in [0.25, 0.3) is 0 Å². The third-order valence-corrected chi connectivity index (χ3v) is 3.71. The van der Waals surface area contributed by atoms with E-state index in [4.69, 9.17) is 9.47 Å². The van der Waals surface area contributed by atoms with Crippen LogP contribution in [-0.2, 0) is 14.3 Å². The molecule has 6 nitrogen and oxygen atoms in total. The number of rotatable bonds is 9. The zero-order valence-electron chi connectivity index (χ0n) is 14.5. The number of benzene rings is 2. The van der Waals surface area contributed by atoms with Gasteiger partial charge in [-0.15, -0.1) is 0 Å². The van der Waals surface area contributed by atoms with Crippen molar-refractivity contribution >= 4 is 11.9 Å². The average Bonchev–Trinajstić information content (AvgIpc) is 2.66. The highest BCUT2D eigenvalue weighted by Gasteiger charge is 2.28. The van der Waals surface area contributed by atoms with Gasteiger partial charge in [0.2, 0.25) is 6.10 Å². The van der Waals surface area contributed by atoms with Crippen LogP contribution >= 0.6 is 0 Å². The molecule has 0 fully saturated rings. The molecule has 0 radical (unpaired) electrons. The highest BCUT2D eigenvalue weighted by atomic mass is 19.2. The molecule has 0 aliphatic carbocycles. The van der Waals surface area contributed by atoms with Crippen LogP contribution in [-0.4, -0.2) is 36.7 Å². The summed E-state index contributed by atoms with van der Waals surface area (Å²) in [7, 11) is 1.42. The number of aliphatic carboxylic acids is 1. The molecule has 2 aromatic carbocycles. The summed E-state index contributed by atoms with van der Waals surface area (Å²) in [6.45, 7) is 0.136. The number of halogens is 2. The molecule has 2 atom stereocenters. The Balaban J connectivity index is 2.25. The van der Waals surface area contributed by atoms with Gasteiger partial charge in [-0.25, -0.2) is 13.6 Å². The van der Waals surface area contributed by atoms with E-state index in [1.165, 1.54) is 13.2 Å². The number of amides is 1. The Morgan fingerprint density at radius 2 is 1.81 bits per heavy atom. The van der Waals surface area contributed by atoms with Crippen molar-refractivity contribution in [3.05, 3.63) is 65.7 Å². The minimum absolute atomic E-state index is 0.0598. The van der Waals surface area contributed by atoms with Crippen molar-refractivity contribution in [1.29, 1.82) is 0 Å². The predicted octanol–water partition coefficient (Wildman–Crippen LogP) is 2.69. The maximum absolute atomic E-state index is 13.4. The third-order valence-electron chi connectivity index (χ3n) is 3.71. The molecule has 2 rings (SSSR count). The molecule has 0 spiro atoms. The van der Waals surface area contributed by atoms with E-state index in [0.29, 0.717) is 5.56 Å². The monoisotopic (exact) mass is 379 g/mol. The Kier molecular flexibility index (Phi) is 7.25. The van der Waals surface area contributed by atoms with E-state index in [1.807, 2.05) is 0 Å². The first-order valence-electron chi connectivity index (χ1n) is 8.11. The molecule has 0 saturated carbocycles. The van der Waals surface area contributed by atoms with Crippen molar-refractivity contribution < 1.29 is 33.0 Å². The van der Waals surface area contributed by atoms with Gasteiger partial charge in [0.05, 0.1) is 0 Å². The minimum atomic E-state index is -1.25. The molecule has 2 unspecified atom stereocenters. The van der Waals surface area contributed by atoms with Crippen LogP contribution < -0.4 is 10.1 Å². The van der Waals surface area contributed by atoms with E-state index < -0.39 is 35.7 Å². The van der Waals surface area contributed by atoms with E-state index >= 15 is 0 Å². The molecule has 0 aliphatic rings. The van der Waals surface area contributed by atoms with Crippen LogP contribution in [0.5, 0.6) is 5.75 Å². The number of carboxylic acids is 1. The summed E-state index contributed by atoms with van der Waals surface area (Å²) >= 11 is 0. The molecular formula is C19H19F2NO5. The van der Waals surface area contributed by atoms with E-state index in [-0.39, 0.29) is 18.8 Å². The Hall–Kier alpha value is -3.00. The zero-order valence-corrected chi connectivity index (χ0v) is 14.5. The molecule has 144 valence electrons. The van der Waals surface area contributed by atoms with Gasteiger partial charge in [-0.1, -0.05) is 30.3 Å². The SMILES string of the molecule is COCCC(NC(=O)C(Oc1ccc(F)c(F)c1)c1ccccc1)C(=O)O. The fourth-order valence-electron chi connectivity index (χ4n) is 2.33. The lowest BCUT2D eigenvalue weighted by atomic mass is 10.1. The van der Waals surface area contributed by atoms with E-state index in [2.05, 4.69) is 5.32 Å². The molecule has 8 heteroatoms. The average molecular weight is 379 g/mol. The van der Waals surface area contributed by atoms with Gasteiger partial charge < -0.3 is 19.9 Å². The van der Waals surface area contributed by atoms with Gasteiger partial charge in [-0.05, 0) is 12.1 Å². The van der Waals surface area contributed by atoms with Crippen molar-refractivity contribution in [2.24, 2.45) is 0 Å². The maximum Gasteiger partial charge on any atom is 0.326 e. The van der Waals surface area contributed by atoms with Crippen LogP contribution in [0.1, 0.15) is 18.1 Å². The van der Waals surface area contributed by atoms with Crippen LogP contribution in [0.4, 0.5) is 8.78 Å². The lowest BCUT2D eigenvalue weighted by Crippen LogP contribution is -2.44. The van der Waals surface area contributed by atoms with Crippen molar-refractivity contribution in [3.8, 4) is 5.75 Å². The van der Waals surface area contributed by atoms with Gasteiger partial charge in [0.1, 0.15) is 11.8 Å². The molecule has 0 saturated heterocycles. The summed E-state index contributed by atoms with van der Waals surface area (Å²) in [5, 5.41) is 11.6.